The summed E-state index contributed by atoms with van der Waals surface area (Å²) in [5.74, 6) is 0.934. The summed E-state index contributed by atoms with van der Waals surface area (Å²) in [6.07, 6.45) is 1.71. The fourth-order valence-electron chi connectivity index (χ4n) is 1.61. The van der Waals surface area contributed by atoms with Crippen molar-refractivity contribution < 1.29 is 4.42 Å². The van der Waals surface area contributed by atoms with Gasteiger partial charge in [-0.3, -0.25) is 0 Å². The van der Waals surface area contributed by atoms with Crippen LogP contribution in [0.5, 0.6) is 0 Å². The molecule has 15 heavy (non-hydrogen) atoms. The van der Waals surface area contributed by atoms with Gasteiger partial charge in [-0.2, -0.15) is 0 Å². The van der Waals surface area contributed by atoms with Gasteiger partial charge in [0.15, 0.2) is 0 Å². The summed E-state index contributed by atoms with van der Waals surface area (Å²) >= 11 is 0. The molecule has 0 saturated carbocycles. The molecular formula is C13H15NO. The molecule has 0 radical (unpaired) electrons. The van der Waals surface area contributed by atoms with E-state index in [0.29, 0.717) is 0 Å². The molecule has 0 aliphatic heterocycles. The van der Waals surface area contributed by atoms with Crippen molar-refractivity contribution in [2.45, 2.75) is 13.5 Å². The van der Waals surface area contributed by atoms with Crippen LogP contribution in [0.3, 0.4) is 0 Å². The molecule has 0 saturated heterocycles. The maximum Gasteiger partial charge on any atom is 0.134 e. The van der Waals surface area contributed by atoms with Crippen LogP contribution < -0.4 is 5.32 Å². The Balaban J connectivity index is 2.30. The van der Waals surface area contributed by atoms with E-state index in [1.165, 1.54) is 11.1 Å². The molecule has 78 valence electrons. The van der Waals surface area contributed by atoms with Gasteiger partial charge in [0.1, 0.15) is 5.76 Å². The molecule has 0 amide bonds. The number of nitrogens with one attached hydrogen (secondary N) is 1. The largest absolute Gasteiger partial charge is 0.464 e. The Kier molecular flexibility index (Phi) is 3.20. The van der Waals surface area contributed by atoms with Crippen molar-refractivity contribution in [1.82, 2.24) is 5.32 Å². The van der Waals surface area contributed by atoms with E-state index >= 15 is 0 Å². The summed E-state index contributed by atoms with van der Waals surface area (Å²) in [5, 5.41) is 3.33. The molecule has 2 aromatic rings. The number of hydrogen-bond acceptors (Lipinski definition) is 2. The lowest BCUT2D eigenvalue weighted by atomic mass is 10.1. The predicted molar refractivity (Wildman–Crippen MR) is 61.5 cm³/mol. The summed E-state index contributed by atoms with van der Waals surface area (Å²) in [4.78, 5) is 0. The standard InChI is InChI=1S/C13H15NO/c1-2-14-10-11-6-3-4-7-12(11)13-8-5-9-15-13/h3-9,14H,2,10H2,1H3. The van der Waals surface area contributed by atoms with Gasteiger partial charge in [-0.15, -0.1) is 0 Å². The Bertz CT molecular complexity index is 406. The van der Waals surface area contributed by atoms with Crippen LogP contribution in [0.25, 0.3) is 11.3 Å². The summed E-state index contributed by atoms with van der Waals surface area (Å²) in [6.45, 7) is 3.97. The molecule has 0 fully saturated rings. The fourth-order valence-corrected chi connectivity index (χ4v) is 1.61. The first-order valence-corrected chi connectivity index (χ1v) is 5.24. The van der Waals surface area contributed by atoms with Crippen LogP contribution in [0.1, 0.15) is 12.5 Å². The van der Waals surface area contributed by atoms with E-state index in [4.69, 9.17) is 4.42 Å². The predicted octanol–water partition coefficient (Wildman–Crippen LogP) is 3.06. The first-order valence-electron chi connectivity index (χ1n) is 5.24. The highest BCUT2D eigenvalue weighted by molar-refractivity contribution is 5.61. The zero-order valence-electron chi connectivity index (χ0n) is 8.86. The second kappa shape index (κ2) is 4.80. The lowest BCUT2D eigenvalue weighted by Crippen LogP contribution is -2.12. The molecule has 0 bridgehead atoms. The molecule has 0 spiro atoms. The number of hydrogen-bond donors (Lipinski definition) is 1. The molecule has 2 rings (SSSR count). The normalized spacial score (nSPS) is 10.5. The highest BCUT2D eigenvalue weighted by Crippen LogP contribution is 2.23. The minimum Gasteiger partial charge on any atom is -0.464 e. The Morgan fingerprint density at radius 1 is 1.13 bits per heavy atom. The Labute approximate surface area is 89.9 Å². The lowest BCUT2D eigenvalue weighted by molar-refractivity contribution is 0.581. The minimum atomic E-state index is 0.882. The molecule has 0 aliphatic carbocycles. The van der Waals surface area contributed by atoms with Crippen LogP contribution in [0, 0.1) is 0 Å². The van der Waals surface area contributed by atoms with E-state index in [9.17, 15) is 0 Å². The third-order valence-electron chi connectivity index (χ3n) is 2.37. The molecule has 2 heteroatoms. The summed E-state index contributed by atoms with van der Waals surface area (Å²) < 4.78 is 5.41. The van der Waals surface area contributed by atoms with Crippen molar-refractivity contribution in [3.05, 3.63) is 48.2 Å². The summed E-state index contributed by atoms with van der Waals surface area (Å²) in [7, 11) is 0. The highest BCUT2D eigenvalue weighted by Gasteiger charge is 2.05. The van der Waals surface area contributed by atoms with E-state index in [0.717, 1.165) is 18.8 Å². The van der Waals surface area contributed by atoms with E-state index in [1.807, 2.05) is 18.2 Å². The molecular weight excluding hydrogens is 186 g/mol. The smallest absolute Gasteiger partial charge is 0.134 e. The van der Waals surface area contributed by atoms with Gasteiger partial charge in [-0.05, 0) is 24.2 Å². The topological polar surface area (TPSA) is 25.2 Å². The average molecular weight is 201 g/mol. The van der Waals surface area contributed by atoms with E-state index in [1.54, 1.807) is 6.26 Å². The van der Waals surface area contributed by atoms with Crippen molar-refractivity contribution in [3.63, 3.8) is 0 Å². The zero-order valence-corrected chi connectivity index (χ0v) is 8.86. The quantitative estimate of drug-likeness (QED) is 0.822. The molecule has 1 N–H and O–H groups in total. The average Bonchev–Trinajstić information content (AvgIpc) is 2.80. The van der Waals surface area contributed by atoms with Gasteiger partial charge in [0.25, 0.3) is 0 Å². The van der Waals surface area contributed by atoms with E-state index < -0.39 is 0 Å². The Morgan fingerprint density at radius 2 is 2.00 bits per heavy atom. The van der Waals surface area contributed by atoms with Crippen LogP contribution in [0.2, 0.25) is 0 Å². The third-order valence-corrected chi connectivity index (χ3v) is 2.37. The van der Waals surface area contributed by atoms with Gasteiger partial charge >= 0.3 is 0 Å². The molecule has 1 aromatic carbocycles. The fraction of sp³-hybridized carbons (Fsp3) is 0.231. The Hall–Kier alpha value is -1.54. The van der Waals surface area contributed by atoms with Gasteiger partial charge < -0.3 is 9.73 Å². The summed E-state index contributed by atoms with van der Waals surface area (Å²) in [5.41, 5.74) is 2.44. The van der Waals surface area contributed by atoms with Crippen molar-refractivity contribution in [2.75, 3.05) is 6.54 Å². The lowest BCUT2D eigenvalue weighted by Gasteiger charge is -2.07. The number of benzene rings is 1. The maximum atomic E-state index is 5.41. The van der Waals surface area contributed by atoms with Gasteiger partial charge in [0.05, 0.1) is 6.26 Å². The van der Waals surface area contributed by atoms with Gasteiger partial charge in [-0.25, -0.2) is 0 Å². The second-order valence-electron chi connectivity index (χ2n) is 3.41. The van der Waals surface area contributed by atoms with Crippen molar-refractivity contribution in [3.8, 4) is 11.3 Å². The third kappa shape index (κ3) is 2.28. The van der Waals surface area contributed by atoms with Gasteiger partial charge in [0.2, 0.25) is 0 Å². The highest BCUT2D eigenvalue weighted by atomic mass is 16.3. The molecule has 2 nitrogen and oxygen atoms in total. The van der Waals surface area contributed by atoms with Crippen molar-refractivity contribution in [2.24, 2.45) is 0 Å². The van der Waals surface area contributed by atoms with Crippen LogP contribution in [0.4, 0.5) is 0 Å². The molecule has 0 aliphatic rings. The first-order chi connectivity index (χ1) is 7.42. The zero-order chi connectivity index (χ0) is 10.5. The monoisotopic (exact) mass is 201 g/mol. The van der Waals surface area contributed by atoms with Crippen molar-refractivity contribution >= 4 is 0 Å². The molecule has 0 unspecified atom stereocenters. The molecule has 1 aromatic heterocycles. The van der Waals surface area contributed by atoms with Crippen molar-refractivity contribution in [1.29, 1.82) is 0 Å². The van der Waals surface area contributed by atoms with Gasteiger partial charge in [0, 0.05) is 12.1 Å². The molecule has 1 heterocycles. The number of furan rings is 1. The Morgan fingerprint density at radius 3 is 2.73 bits per heavy atom. The van der Waals surface area contributed by atoms with Crippen LogP contribution in [-0.2, 0) is 6.54 Å². The molecule has 0 atom stereocenters. The van der Waals surface area contributed by atoms with Crippen LogP contribution in [0.15, 0.2) is 47.1 Å². The minimum absolute atomic E-state index is 0.882. The van der Waals surface area contributed by atoms with Crippen LogP contribution in [-0.4, -0.2) is 6.54 Å². The van der Waals surface area contributed by atoms with Crippen LogP contribution >= 0.6 is 0 Å². The van der Waals surface area contributed by atoms with E-state index in [-0.39, 0.29) is 0 Å². The first kappa shape index (κ1) is 9.99. The number of rotatable bonds is 4. The second-order valence-corrected chi connectivity index (χ2v) is 3.41. The summed E-state index contributed by atoms with van der Waals surface area (Å²) in [6, 6.07) is 12.2. The van der Waals surface area contributed by atoms with E-state index in [2.05, 4.69) is 30.4 Å². The van der Waals surface area contributed by atoms with Gasteiger partial charge in [-0.1, -0.05) is 31.2 Å². The SMILES string of the molecule is CCNCc1ccccc1-c1ccco1. The maximum absolute atomic E-state index is 5.41.